The number of alkyl halides is 3. The van der Waals surface area contributed by atoms with Gasteiger partial charge in [0.2, 0.25) is 0 Å². The predicted octanol–water partition coefficient (Wildman–Crippen LogP) is 3.80. The Labute approximate surface area is 107 Å². The molecule has 0 amide bonds. The molecule has 0 saturated heterocycles. The Morgan fingerprint density at radius 1 is 1.28 bits per heavy atom. The first kappa shape index (κ1) is 14.9. The first-order chi connectivity index (χ1) is 8.14. The second kappa shape index (κ2) is 5.22. The fourth-order valence-electron chi connectivity index (χ4n) is 1.24. The largest absolute Gasteiger partial charge is 0.480 e. The van der Waals surface area contributed by atoms with Gasteiger partial charge in [-0.1, -0.05) is 18.2 Å². The summed E-state index contributed by atoms with van der Waals surface area (Å²) < 4.78 is 37.0. The topological polar surface area (TPSA) is 37.3 Å². The summed E-state index contributed by atoms with van der Waals surface area (Å²) in [7, 11) is 0. The van der Waals surface area contributed by atoms with Crippen LogP contribution in [0.15, 0.2) is 24.3 Å². The number of carbonyl (C=O) groups is 1. The van der Waals surface area contributed by atoms with E-state index in [-0.39, 0.29) is 11.3 Å². The monoisotopic (exact) mass is 278 g/mol. The normalized spacial score (nSPS) is 12.5. The van der Waals surface area contributed by atoms with Crippen LogP contribution in [0.3, 0.4) is 0 Å². The number of halogens is 3. The summed E-state index contributed by atoms with van der Waals surface area (Å²) in [5.41, 5.74) is -0.608. The second-order valence-electron chi connectivity index (χ2n) is 4.26. The molecule has 0 aromatic heterocycles. The van der Waals surface area contributed by atoms with E-state index in [9.17, 15) is 18.0 Å². The summed E-state index contributed by atoms with van der Waals surface area (Å²) in [5.74, 6) is -1.04. The molecule has 0 bridgehead atoms. The predicted molar refractivity (Wildman–Crippen MR) is 64.5 cm³/mol. The summed E-state index contributed by atoms with van der Waals surface area (Å²) in [6.07, 6.45) is -4.41. The Morgan fingerprint density at radius 3 is 2.33 bits per heavy atom. The molecule has 6 heteroatoms. The van der Waals surface area contributed by atoms with Gasteiger partial charge in [-0.3, -0.25) is 4.79 Å². The minimum absolute atomic E-state index is 0.00891. The van der Waals surface area contributed by atoms with Crippen molar-refractivity contribution in [2.45, 2.75) is 30.5 Å². The molecule has 1 N–H and O–H groups in total. The lowest BCUT2D eigenvalue weighted by atomic mass is 10.1. The SMILES string of the molecule is CC(C)(SCc1ccccc1C(F)(F)F)C(=O)O. The van der Waals surface area contributed by atoms with Crippen molar-refractivity contribution in [3.05, 3.63) is 35.4 Å². The maximum absolute atomic E-state index is 12.7. The highest BCUT2D eigenvalue weighted by molar-refractivity contribution is 8.00. The van der Waals surface area contributed by atoms with Crippen LogP contribution in [-0.2, 0) is 16.7 Å². The van der Waals surface area contributed by atoms with Gasteiger partial charge in [-0.2, -0.15) is 13.2 Å². The molecule has 1 aromatic rings. The first-order valence-corrected chi connectivity index (χ1v) is 6.15. The Morgan fingerprint density at radius 2 is 1.83 bits per heavy atom. The van der Waals surface area contributed by atoms with Crippen molar-refractivity contribution in [2.24, 2.45) is 0 Å². The van der Waals surface area contributed by atoms with Crippen LogP contribution < -0.4 is 0 Å². The van der Waals surface area contributed by atoms with Crippen molar-refractivity contribution in [1.82, 2.24) is 0 Å². The van der Waals surface area contributed by atoms with Gasteiger partial charge >= 0.3 is 12.1 Å². The highest BCUT2D eigenvalue weighted by atomic mass is 32.2. The molecular formula is C12H13F3O2S. The molecule has 1 aromatic carbocycles. The van der Waals surface area contributed by atoms with Crippen LogP contribution in [0.1, 0.15) is 25.0 Å². The maximum atomic E-state index is 12.7. The standard InChI is InChI=1S/C12H13F3O2S/c1-11(2,10(16)17)18-7-8-5-3-4-6-9(8)12(13,14)15/h3-6H,7H2,1-2H3,(H,16,17). The fraction of sp³-hybridized carbons (Fsp3) is 0.417. The molecule has 0 aliphatic rings. The Balaban J connectivity index is 2.90. The van der Waals surface area contributed by atoms with Crippen molar-refractivity contribution in [3.8, 4) is 0 Å². The van der Waals surface area contributed by atoms with Crippen molar-refractivity contribution in [2.75, 3.05) is 0 Å². The fourth-order valence-corrected chi connectivity index (χ4v) is 2.13. The molecule has 0 aliphatic carbocycles. The van der Waals surface area contributed by atoms with Crippen LogP contribution in [0.5, 0.6) is 0 Å². The Bertz CT molecular complexity index is 441. The third kappa shape index (κ3) is 3.66. The molecule has 0 fully saturated rings. The molecule has 1 rings (SSSR count). The maximum Gasteiger partial charge on any atom is 0.416 e. The smallest absolute Gasteiger partial charge is 0.416 e. The molecule has 100 valence electrons. The molecule has 0 atom stereocenters. The van der Waals surface area contributed by atoms with Gasteiger partial charge in [-0.05, 0) is 25.5 Å². The molecule has 0 spiro atoms. The van der Waals surface area contributed by atoms with E-state index in [2.05, 4.69) is 0 Å². The highest BCUT2D eigenvalue weighted by Gasteiger charge is 2.34. The number of aliphatic carboxylic acids is 1. The van der Waals surface area contributed by atoms with Crippen LogP contribution >= 0.6 is 11.8 Å². The first-order valence-electron chi connectivity index (χ1n) is 5.17. The molecule has 0 radical (unpaired) electrons. The number of rotatable bonds is 4. The lowest BCUT2D eigenvalue weighted by Crippen LogP contribution is -2.27. The van der Waals surface area contributed by atoms with Crippen molar-refractivity contribution in [3.63, 3.8) is 0 Å². The molecular weight excluding hydrogens is 265 g/mol. The summed E-state index contributed by atoms with van der Waals surface area (Å²) >= 11 is 0.971. The second-order valence-corrected chi connectivity index (χ2v) is 5.86. The zero-order valence-corrected chi connectivity index (χ0v) is 10.7. The van der Waals surface area contributed by atoms with Crippen LogP contribution in [0.2, 0.25) is 0 Å². The molecule has 0 aliphatic heterocycles. The van der Waals surface area contributed by atoms with E-state index in [1.807, 2.05) is 0 Å². The van der Waals surface area contributed by atoms with E-state index < -0.39 is 22.5 Å². The van der Waals surface area contributed by atoms with Crippen molar-refractivity contribution >= 4 is 17.7 Å². The number of hydrogen-bond acceptors (Lipinski definition) is 2. The van der Waals surface area contributed by atoms with Crippen molar-refractivity contribution in [1.29, 1.82) is 0 Å². The lowest BCUT2D eigenvalue weighted by Gasteiger charge is -2.20. The third-order valence-corrected chi connectivity index (χ3v) is 3.78. The van der Waals surface area contributed by atoms with Crippen LogP contribution in [0.4, 0.5) is 13.2 Å². The third-order valence-electron chi connectivity index (χ3n) is 2.43. The average molecular weight is 278 g/mol. The summed E-state index contributed by atoms with van der Waals surface area (Å²) in [6.45, 7) is 2.94. The minimum Gasteiger partial charge on any atom is -0.480 e. The number of hydrogen-bond donors (Lipinski definition) is 1. The van der Waals surface area contributed by atoms with Gasteiger partial charge < -0.3 is 5.11 Å². The number of benzene rings is 1. The van der Waals surface area contributed by atoms with Gasteiger partial charge in [0.15, 0.2) is 0 Å². The van der Waals surface area contributed by atoms with Crippen LogP contribution in [0, 0.1) is 0 Å². The zero-order valence-electron chi connectivity index (χ0n) is 9.91. The highest BCUT2D eigenvalue weighted by Crippen LogP contribution is 2.36. The molecule has 0 saturated carbocycles. The molecule has 0 unspecified atom stereocenters. The van der Waals surface area contributed by atoms with E-state index in [1.165, 1.54) is 32.0 Å². The van der Waals surface area contributed by atoms with Gasteiger partial charge in [0, 0.05) is 5.75 Å². The number of thioether (sulfide) groups is 1. The zero-order chi connectivity index (χ0) is 14.0. The number of carboxylic acid groups (broad SMARTS) is 1. The van der Waals surface area contributed by atoms with Gasteiger partial charge in [0.05, 0.1) is 5.56 Å². The average Bonchev–Trinajstić information content (AvgIpc) is 2.25. The molecule has 0 heterocycles. The Hall–Kier alpha value is -1.17. The summed E-state index contributed by atoms with van der Waals surface area (Å²) in [4.78, 5) is 10.9. The van der Waals surface area contributed by atoms with E-state index in [0.717, 1.165) is 17.8 Å². The lowest BCUT2D eigenvalue weighted by molar-refractivity contribution is -0.139. The summed E-state index contributed by atoms with van der Waals surface area (Å²) in [6, 6.07) is 5.20. The van der Waals surface area contributed by atoms with Crippen LogP contribution in [0.25, 0.3) is 0 Å². The van der Waals surface area contributed by atoms with E-state index in [1.54, 1.807) is 0 Å². The van der Waals surface area contributed by atoms with Gasteiger partial charge in [0.1, 0.15) is 4.75 Å². The van der Waals surface area contributed by atoms with Gasteiger partial charge in [-0.15, -0.1) is 11.8 Å². The quantitative estimate of drug-likeness (QED) is 0.910. The Kier molecular flexibility index (Phi) is 4.32. The van der Waals surface area contributed by atoms with Crippen molar-refractivity contribution < 1.29 is 23.1 Å². The van der Waals surface area contributed by atoms with E-state index in [4.69, 9.17) is 5.11 Å². The number of carboxylic acids is 1. The van der Waals surface area contributed by atoms with Crippen LogP contribution in [-0.4, -0.2) is 15.8 Å². The van der Waals surface area contributed by atoms with E-state index in [0.29, 0.717) is 0 Å². The molecule has 18 heavy (non-hydrogen) atoms. The molecule has 2 nitrogen and oxygen atoms in total. The van der Waals surface area contributed by atoms with E-state index >= 15 is 0 Å². The minimum atomic E-state index is -4.41. The summed E-state index contributed by atoms with van der Waals surface area (Å²) in [5, 5.41) is 8.91. The van der Waals surface area contributed by atoms with Gasteiger partial charge in [0.25, 0.3) is 0 Å². The van der Waals surface area contributed by atoms with Gasteiger partial charge in [-0.25, -0.2) is 0 Å².